The van der Waals surface area contributed by atoms with Gasteiger partial charge in [-0.15, -0.1) is 0 Å². The fraction of sp³-hybridized carbons (Fsp3) is 0.615. The minimum Gasteiger partial charge on any atom is -0.444 e. The van der Waals surface area contributed by atoms with Crippen molar-refractivity contribution < 1.29 is 29.0 Å². The van der Waals surface area contributed by atoms with Gasteiger partial charge < -0.3 is 31.1 Å². The monoisotopic (exact) mass is 506 g/mol. The number of aliphatic hydroxyl groups excluding tert-OH is 1. The average Bonchev–Trinajstić information content (AvgIpc) is 2.72. The summed E-state index contributed by atoms with van der Waals surface area (Å²) >= 11 is 0. The molecule has 1 aromatic carbocycles. The third-order valence-electron chi connectivity index (χ3n) is 5.41. The van der Waals surface area contributed by atoms with E-state index >= 15 is 0 Å². The molecule has 1 rings (SSSR count). The van der Waals surface area contributed by atoms with Crippen LogP contribution < -0.4 is 16.4 Å². The zero-order valence-corrected chi connectivity index (χ0v) is 22.5. The molecular weight excluding hydrogens is 464 g/mol. The second-order valence-electron chi connectivity index (χ2n) is 10.1. The minimum absolute atomic E-state index is 0.150. The Hall–Kier alpha value is -3.14. The molecule has 0 spiro atoms. The van der Waals surface area contributed by atoms with Crippen LogP contribution >= 0.6 is 0 Å². The van der Waals surface area contributed by atoms with E-state index in [2.05, 4.69) is 10.6 Å². The van der Waals surface area contributed by atoms with Crippen LogP contribution in [0, 0.1) is 13.8 Å². The summed E-state index contributed by atoms with van der Waals surface area (Å²) in [6, 6.07) is 2.84. The standard InChI is InChI=1S/C26H42N4O6/c1-8-9-18(4)28-23(33)22(19-11-10-16(2)14-17(19)3)30(12-13-31)24(34)20(15-21(27)32)29-25(35)36-26(5,6)7/h10-11,14,18,20,22,31H,8-9,12-13,15H2,1-7H3,(H2,27,32)(H,28,33)(H,29,35). The van der Waals surface area contributed by atoms with Crippen LogP contribution in [-0.4, -0.2) is 64.7 Å². The second-order valence-corrected chi connectivity index (χ2v) is 10.1. The summed E-state index contributed by atoms with van der Waals surface area (Å²) in [5.41, 5.74) is 6.85. The fourth-order valence-electron chi connectivity index (χ4n) is 3.94. The molecule has 3 atom stereocenters. The third kappa shape index (κ3) is 9.85. The lowest BCUT2D eigenvalue weighted by Crippen LogP contribution is -2.55. The molecule has 3 unspecified atom stereocenters. The van der Waals surface area contributed by atoms with E-state index in [4.69, 9.17) is 10.5 Å². The highest BCUT2D eigenvalue weighted by molar-refractivity contribution is 5.94. The normalized spacial score (nSPS) is 13.8. The van der Waals surface area contributed by atoms with Crippen LogP contribution in [0.1, 0.15) is 76.6 Å². The molecule has 0 radical (unpaired) electrons. The van der Waals surface area contributed by atoms with E-state index < -0.39 is 54.5 Å². The Kier molecular flexibility index (Phi) is 11.9. The number of carbonyl (C=O) groups excluding carboxylic acids is 4. The van der Waals surface area contributed by atoms with Gasteiger partial charge >= 0.3 is 6.09 Å². The van der Waals surface area contributed by atoms with Gasteiger partial charge in [0.05, 0.1) is 13.0 Å². The predicted molar refractivity (Wildman–Crippen MR) is 137 cm³/mol. The van der Waals surface area contributed by atoms with Crippen molar-refractivity contribution in [1.82, 2.24) is 15.5 Å². The number of alkyl carbamates (subject to hydrolysis) is 1. The highest BCUT2D eigenvalue weighted by atomic mass is 16.6. The second kappa shape index (κ2) is 13.8. The Morgan fingerprint density at radius 1 is 1.14 bits per heavy atom. The van der Waals surface area contributed by atoms with Crippen LogP contribution in [0.4, 0.5) is 4.79 Å². The molecule has 0 heterocycles. The number of benzene rings is 1. The molecule has 0 aliphatic heterocycles. The van der Waals surface area contributed by atoms with Crippen LogP contribution in [0.2, 0.25) is 0 Å². The van der Waals surface area contributed by atoms with Gasteiger partial charge in [0, 0.05) is 12.6 Å². The summed E-state index contributed by atoms with van der Waals surface area (Å²) in [5.74, 6) is -1.99. The lowest BCUT2D eigenvalue weighted by Gasteiger charge is -2.35. The Morgan fingerprint density at radius 3 is 2.28 bits per heavy atom. The molecular formula is C26H42N4O6. The molecule has 0 aliphatic carbocycles. The molecule has 5 N–H and O–H groups in total. The summed E-state index contributed by atoms with van der Waals surface area (Å²) in [6.45, 7) is 12.0. The Morgan fingerprint density at radius 2 is 1.78 bits per heavy atom. The number of amides is 4. The Balaban J connectivity index is 3.51. The van der Waals surface area contributed by atoms with Gasteiger partial charge in [0.25, 0.3) is 0 Å². The van der Waals surface area contributed by atoms with E-state index in [1.807, 2.05) is 39.8 Å². The van der Waals surface area contributed by atoms with Gasteiger partial charge in [-0.05, 0) is 59.1 Å². The third-order valence-corrected chi connectivity index (χ3v) is 5.41. The number of primary amides is 1. The molecule has 0 saturated carbocycles. The summed E-state index contributed by atoms with van der Waals surface area (Å²) in [5, 5.41) is 15.2. The maximum absolute atomic E-state index is 13.7. The van der Waals surface area contributed by atoms with E-state index in [0.717, 1.165) is 24.0 Å². The first-order valence-electron chi connectivity index (χ1n) is 12.3. The van der Waals surface area contributed by atoms with Crippen LogP contribution in [0.3, 0.4) is 0 Å². The molecule has 202 valence electrons. The number of aryl methyl sites for hydroxylation is 2. The molecule has 0 bridgehead atoms. The van der Waals surface area contributed by atoms with E-state index in [0.29, 0.717) is 5.56 Å². The largest absolute Gasteiger partial charge is 0.444 e. The van der Waals surface area contributed by atoms with Crippen molar-refractivity contribution >= 4 is 23.8 Å². The highest BCUT2D eigenvalue weighted by Gasteiger charge is 2.37. The Bertz CT molecular complexity index is 927. The molecule has 0 saturated heterocycles. The number of nitrogens with two attached hydrogens (primary N) is 1. The molecule has 4 amide bonds. The number of nitrogens with zero attached hydrogens (tertiary/aromatic N) is 1. The highest BCUT2D eigenvalue weighted by Crippen LogP contribution is 2.27. The fourth-order valence-corrected chi connectivity index (χ4v) is 3.94. The van der Waals surface area contributed by atoms with Crippen LogP contribution in [0.15, 0.2) is 18.2 Å². The van der Waals surface area contributed by atoms with Crippen molar-refractivity contribution in [2.75, 3.05) is 13.2 Å². The summed E-state index contributed by atoms with van der Waals surface area (Å²) < 4.78 is 5.24. The number of hydrogen-bond acceptors (Lipinski definition) is 6. The molecule has 10 nitrogen and oxygen atoms in total. The van der Waals surface area contributed by atoms with E-state index in [1.165, 1.54) is 4.90 Å². The summed E-state index contributed by atoms with van der Waals surface area (Å²) in [6.07, 6.45) is 0.183. The number of ether oxygens (including phenoxy) is 1. The van der Waals surface area contributed by atoms with E-state index in [-0.39, 0.29) is 12.6 Å². The van der Waals surface area contributed by atoms with Gasteiger partial charge in [0.15, 0.2) is 0 Å². The maximum Gasteiger partial charge on any atom is 0.408 e. The van der Waals surface area contributed by atoms with Crippen molar-refractivity contribution in [1.29, 1.82) is 0 Å². The zero-order chi connectivity index (χ0) is 27.6. The molecule has 10 heteroatoms. The van der Waals surface area contributed by atoms with Crippen molar-refractivity contribution in [2.24, 2.45) is 5.73 Å². The molecule has 0 fully saturated rings. The summed E-state index contributed by atoms with van der Waals surface area (Å²) in [7, 11) is 0. The predicted octanol–water partition coefficient (Wildman–Crippen LogP) is 2.24. The van der Waals surface area contributed by atoms with Crippen LogP contribution in [0.25, 0.3) is 0 Å². The zero-order valence-electron chi connectivity index (χ0n) is 22.5. The number of nitrogens with one attached hydrogen (secondary N) is 2. The van der Waals surface area contributed by atoms with Crippen molar-refractivity contribution in [3.05, 3.63) is 34.9 Å². The first-order valence-corrected chi connectivity index (χ1v) is 12.3. The SMILES string of the molecule is CCCC(C)NC(=O)C(c1ccc(C)cc1C)N(CCO)C(=O)C(CC(N)=O)NC(=O)OC(C)(C)C. The summed E-state index contributed by atoms with van der Waals surface area (Å²) in [4.78, 5) is 52.7. The lowest BCUT2D eigenvalue weighted by atomic mass is 9.96. The number of rotatable bonds is 12. The maximum atomic E-state index is 13.7. The molecule has 0 aliphatic rings. The lowest BCUT2D eigenvalue weighted by molar-refractivity contribution is -0.144. The average molecular weight is 507 g/mol. The van der Waals surface area contributed by atoms with E-state index in [9.17, 15) is 24.3 Å². The number of aliphatic hydroxyl groups is 1. The van der Waals surface area contributed by atoms with Crippen LogP contribution in [0.5, 0.6) is 0 Å². The first-order chi connectivity index (χ1) is 16.7. The van der Waals surface area contributed by atoms with Gasteiger partial charge in [0.2, 0.25) is 17.7 Å². The minimum atomic E-state index is -1.39. The molecule has 0 aromatic heterocycles. The Labute approximate surface area is 213 Å². The van der Waals surface area contributed by atoms with Gasteiger partial charge in [0.1, 0.15) is 17.7 Å². The number of carbonyl (C=O) groups is 4. The first kappa shape index (κ1) is 30.9. The topological polar surface area (TPSA) is 151 Å². The van der Waals surface area contributed by atoms with Gasteiger partial charge in [-0.3, -0.25) is 14.4 Å². The van der Waals surface area contributed by atoms with Crippen molar-refractivity contribution in [3.8, 4) is 0 Å². The molecule has 36 heavy (non-hydrogen) atoms. The van der Waals surface area contributed by atoms with Gasteiger partial charge in [-0.1, -0.05) is 37.1 Å². The smallest absolute Gasteiger partial charge is 0.408 e. The van der Waals surface area contributed by atoms with Gasteiger partial charge in [-0.2, -0.15) is 0 Å². The van der Waals surface area contributed by atoms with E-state index in [1.54, 1.807) is 26.8 Å². The van der Waals surface area contributed by atoms with Crippen molar-refractivity contribution in [2.45, 2.75) is 91.5 Å². The molecule has 1 aromatic rings. The number of hydrogen-bond donors (Lipinski definition) is 4. The van der Waals surface area contributed by atoms with Gasteiger partial charge in [-0.25, -0.2) is 4.79 Å². The quantitative estimate of drug-likeness (QED) is 0.341. The van der Waals surface area contributed by atoms with Crippen LogP contribution in [-0.2, 0) is 19.1 Å². The van der Waals surface area contributed by atoms with Crippen molar-refractivity contribution in [3.63, 3.8) is 0 Å².